The molecule has 0 spiro atoms. The zero-order valence-electron chi connectivity index (χ0n) is 11.8. The number of rotatable bonds is 3. The third-order valence-corrected chi connectivity index (χ3v) is 3.25. The minimum Gasteiger partial charge on any atom is -0.335 e. The third kappa shape index (κ3) is 3.46. The molecule has 0 saturated heterocycles. The highest BCUT2D eigenvalue weighted by molar-refractivity contribution is 6.29. The van der Waals surface area contributed by atoms with Crippen LogP contribution in [0.4, 0.5) is 29.1 Å². The van der Waals surface area contributed by atoms with Crippen LogP contribution in [0.5, 0.6) is 0 Å². The van der Waals surface area contributed by atoms with E-state index >= 15 is 0 Å². The van der Waals surface area contributed by atoms with Crippen molar-refractivity contribution >= 4 is 23.1 Å². The normalized spacial score (nSPS) is 10.7. The minimum atomic E-state index is -1.12. The van der Waals surface area contributed by atoms with Gasteiger partial charge in [-0.2, -0.15) is 0 Å². The maximum absolute atomic E-state index is 13.7. The van der Waals surface area contributed by atoms with Gasteiger partial charge in [0, 0.05) is 23.8 Å². The average Bonchev–Trinajstić information content (AvgIpc) is 2.51. The molecule has 0 aliphatic heterocycles. The van der Waals surface area contributed by atoms with E-state index in [9.17, 15) is 17.6 Å². The van der Waals surface area contributed by atoms with E-state index < -0.39 is 29.0 Å². The second-order valence-electron chi connectivity index (χ2n) is 4.78. The Morgan fingerprint density at radius 2 is 1.42 bits per heavy atom. The van der Waals surface area contributed by atoms with Crippen molar-refractivity contribution in [2.24, 2.45) is 0 Å². The molecule has 0 fully saturated rings. The number of nitrogens with one attached hydrogen (secondary N) is 1. The Morgan fingerprint density at radius 3 is 2.04 bits per heavy atom. The van der Waals surface area contributed by atoms with Crippen molar-refractivity contribution in [3.8, 4) is 11.4 Å². The highest BCUT2D eigenvalue weighted by Crippen LogP contribution is 2.26. The fourth-order valence-electron chi connectivity index (χ4n) is 2.00. The van der Waals surface area contributed by atoms with E-state index in [2.05, 4.69) is 15.3 Å². The summed E-state index contributed by atoms with van der Waals surface area (Å²) >= 11 is 5.89. The van der Waals surface area contributed by atoms with Crippen molar-refractivity contribution in [3.63, 3.8) is 0 Å². The van der Waals surface area contributed by atoms with Crippen molar-refractivity contribution in [1.82, 2.24) is 9.97 Å². The van der Waals surface area contributed by atoms with Gasteiger partial charge in [-0.1, -0.05) is 11.6 Å². The number of benzene rings is 2. The van der Waals surface area contributed by atoms with Crippen LogP contribution in [0.2, 0.25) is 5.15 Å². The molecular formula is C16H8ClF4N3. The molecule has 1 N–H and O–H groups in total. The summed E-state index contributed by atoms with van der Waals surface area (Å²) in [5.74, 6) is -3.58. The molecule has 8 heteroatoms. The highest BCUT2D eigenvalue weighted by atomic mass is 35.5. The summed E-state index contributed by atoms with van der Waals surface area (Å²) in [6.07, 6.45) is 0. The quantitative estimate of drug-likeness (QED) is 0.526. The number of halogens is 5. The van der Waals surface area contributed by atoms with Crippen molar-refractivity contribution in [3.05, 3.63) is 70.9 Å². The minimum absolute atomic E-state index is 0.00117. The number of aromatic nitrogens is 2. The summed E-state index contributed by atoms with van der Waals surface area (Å²) in [6, 6.07) is 7.62. The Balaban J connectivity index is 1.99. The summed E-state index contributed by atoms with van der Waals surface area (Å²) in [5.41, 5.74) is -0.113. The number of hydrogen-bond acceptors (Lipinski definition) is 3. The molecular weight excluding hydrogens is 346 g/mol. The Kier molecular flexibility index (Phi) is 4.35. The Labute approximate surface area is 139 Å². The lowest BCUT2D eigenvalue weighted by atomic mass is 10.2. The summed E-state index contributed by atoms with van der Waals surface area (Å²) in [4.78, 5) is 8.06. The second-order valence-corrected chi connectivity index (χ2v) is 5.16. The van der Waals surface area contributed by atoms with Crippen LogP contribution >= 0.6 is 11.6 Å². The van der Waals surface area contributed by atoms with Crippen LogP contribution in [0.25, 0.3) is 11.4 Å². The van der Waals surface area contributed by atoms with E-state index in [4.69, 9.17) is 11.6 Å². The summed E-state index contributed by atoms with van der Waals surface area (Å²) < 4.78 is 53.3. The molecule has 0 radical (unpaired) electrons. The van der Waals surface area contributed by atoms with Gasteiger partial charge in [-0.25, -0.2) is 27.5 Å². The maximum atomic E-state index is 13.7. The van der Waals surface area contributed by atoms with Gasteiger partial charge in [-0.05, 0) is 24.3 Å². The third-order valence-electron chi connectivity index (χ3n) is 3.06. The van der Waals surface area contributed by atoms with Crippen LogP contribution in [0.15, 0.2) is 42.5 Å². The first kappa shape index (κ1) is 16.2. The SMILES string of the molecule is Fc1ccc(-c2nc(Cl)cc(Nc3c(F)cc(F)cc3F)n2)cc1. The molecule has 0 saturated carbocycles. The number of anilines is 2. The van der Waals surface area contributed by atoms with Crippen molar-refractivity contribution in [2.45, 2.75) is 0 Å². The number of hydrogen-bond donors (Lipinski definition) is 1. The molecule has 1 heterocycles. The second kappa shape index (κ2) is 6.45. The largest absolute Gasteiger partial charge is 0.335 e. The van der Waals surface area contributed by atoms with Gasteiger partial charge in [-0.3, -0.25) is 0 Å². The lowest BCUT2D eigenvalue weighted by Crippen LogP contribution is -2.02. The predicted molar refractivity (Wildman–Crippen MR) is 82.0 cm³/mol. The van der Waals surface area contributed by atoms with Crippen LogP contribution < -0.4 is 5.32 Å². The van der Waals surface area contributed by atoms with Gasteiger partial charge in [0.05, 0.1) is 0 Å². The summed E-state index contributed by atoms with van der Waals surface area (Å²) in [7, 11) is 0. The van der Waals surface area contributed by atoms with Crippen molar-refractivity contribution < 1.29 is 17.6 Å². The fraction of sp³-hybridized carbons (Fsp3) is 0. The average molecular weight is 354 g/mol. The zero-order chi connectivity index (χ0) is 17.3. The molecule has 3 aromatic rings. The molecule has 0 atom stereocenters. The van der Waals surface area contributed by atoms with E-state index in [-0.39, 0.29) is 16.8 Å². The van der Waals surface area contributed by atoms with E-state index in [1.54, 1.807) is 0 Å². The molecule has 0 unspecified atom stereocenters. The molecule has 122 valence electrons. The predicted octanol–water partition coefficient (Wildman–Crippen LogP) is 5.10. The van der Waals surface area contributed by atoms with Crippen LogP contribution in [0.1, 0.15) is 0 Å². The van der Waals surface area contributed by atoms with Gasteiger partial charge in [0.15, 0.2) is 17.5 Å². The van der Waals surface area contributed by atoms with E-state index in [0.29, 0.717) is 17.7 Å². The molecule has 2 aromatic carbocycles. The maximum Gasteiger partial charge on any atom is 0.163 e. The van der Waals surface area contributed by atoms with Gasteiger partial charge in [0.25, 0.3) is 0 Å². The lowest BCUT2D eigenvalue weighted by Gasteiger charge is -2.10. The van der Waals surface area contributed by atoms with Gasteiger partial charge in [0.2, 0.25) is 0 Å². The Bertz CT molecular complexity index is 877. The molecule has 0 bridgehead atoms. The van der Waals surface area contributed by atoms with E-state index in [1.165, 1.54) is 30.3 Å². The van der Waals surface area contributed by atoms with Gasteiger partial charge in [0.1, 0.15) is 28.3 Å². The molecule has 1 aromatic heterocycles. The van der Waals surface area contributed by atoms with Crippen LogP contribution in [0, 0.1) is 23.3 Å². The Hall–Kier alpha value is -2.67. The number of nitrogens with zero attached hydrogens (tertiary/aromatic N) is 2. The van der Waals surface area contributed by atoms with Gasteiger partial charge < -0.3 is 5.32 Å². The fourth-order valence-corrected chi connectivity index (χ4v) is 2.18. The van der Waals surface area contributed by atoms with Crippen molar-refractivity contribution in [1.29, 1.82) is 0 Å². The topological polar surface area (TPSA) is 37.8 Å². The highest BCUT2D eigenvalue weighted by Gasteiger charge is 2.14. The smallest absolute Gasteiger partial charge is 0.163 e. The monoisotopic (exact) mass is 353 g/mol. The molecule has 3 rings (SSSR count). The van der Waals surface area contributed by atoms with Crippen molar-refractivity contribution in [2.75, 3.05) is 5.32 Å². The molecule has 0 aliphatic rings. The summed E-state index contributed by atoms with van der Waals surface area (Å²) in [5, 5.41) is 2.41. The Morgan fingerprint density at radius 1 is 0.792 bits per heavy atom. The first-order chi connectivity index (χ1) is 11.4. The van der Waals surface area contributed by atoms with Crippen LogP contribution in [-0.2, 0) is 0 Å². The van der Waals surface area contributed by atoms with E-state index in [0.717, 1.165) is 0 Å². The van der Waals surface area contributed by atoms with Gasteiger partial charge >= 0.3 is 0 Å². The zero-order valence-corrected chi connectivity index (χ0v) is 12.6. The van der Waals surface area contributed by atoms with E-state index in [1.807, 2.05) is 0 Å². The lowest BCUT2D eigenvalue weighted by molar-refractivity contribution is 0.548. The molecule has 0 amide bonds. The van der Waals surface area contributed by atoms with Crippen LogP contribution in [0.3, 0.4) is 0 Å². The van der Waals surface area contributed by atoms with Gasteiger partial charge in [-0.15, -0.1) is 0 Å². The first-order valence-electron chi connectivity index (χ1n) is 6.64. The summed E-state index contributed by atoms with van der Waals surface area (Å²) in [6.45, 7) is 0. The molecule has 3 nitrogen and oxygen atoms in total. The first-order valence-corrected chi connectivity index (χ1v) is 7.02. The molecule has 24 heavy (non-hydrogen) atoms. The standard InChI is InChI=1S/C16H8ClF4N3/c17-13-7-14(23-15-11(20)5-10(19)6-12(15)21)24-16(22-13)8-1-3-9(18)4-2-8/h1-7H,(H,22,23,24). The van der Waals surface area contributed by atoms with Crippen LogP contribution in [-0.4, -0.2) is 9.97 Å². The molecule has 0 aliphatic carbocycles.